The van der Waals surface area contributed by atoms with Crippen LogP contribution in [-0.4, -0.2) is 147 Å². The standard InChI is InChI=1S/C23H26F6N4O4.C22H27N3O.C9H16F2N2O3.2CH4.2H2/c1-22(2,23(27,28)29)19(33-21(36)37-3)20(35)32-10-14(34)9-30-11-15-16(25)6-12(7-17(15)26)18-5-4-13(24)8-31-18;1-17-3-5-19(6-4-17)13-18(2)20-7-8-22(23-14-20)25-11-9-24(10-12-25)21-15-26-16-21;1-8(2,9(3,10)11)5(6(12)14)13-7(15)16-4;;;;/h4-8,14,19,30,34H,9-11H2,1-3H3,(H,32,35)(H,33,36);3-8,13-14,21H,9-12,15-16H2,1-2H3;5H,1-4H3,(H2,12,14)(H,13,15);2*1H4;2*1H/t14-,19+;;5-;;;;/m0.1..../s1. The summed E-state index contributed by atoms with van der Waals surface area (Å²) < 4.78 is 123. The average molecular weight is 1160 g/mol. The number of aliphatic hydroxyl groups excluding tert-OH is 1. The summed E-state index contributed by atoms with van der Waals surface area (Å²) in [7, 11) is 1.98. The molecule has 2 aliphatic heterocycles. The van der Waals surface area contributed by atoms with Gasteiger partial charge in [-0.2, -0.15) is 13.2 Å². The quantitative estimate of drug-likeness (QED) is 0.0512. The number of aromatic nitrogens is 2. The zero-order chi connectivity index (χ0) is 59.0. The number of carbonyl (C=O) groups excluding carboxylic acids is 4. The van der Waals surface area contributed by atoms with Crippen molar-refractivity contribution in [1.29, 1.82) is 0 Å². The summed E-state index contributed by atoms with van der Waals surface area (Å²) in [5, 5.41) is 18.6. The predicted molar refractivity (Wildman–Crippen MR) is 297 cm³/mol. The predicted octanol–water partition coefficient (Wildman–Crippen LogP) is 9.16. The van der Waals surface area contributed by atoms with Crippen LogP contribution < -0.4 is 31.9 Å². The van der Waals surface area contributed by atoms with E-state index in [1.807, 2.05) is 16.8 Å². The molecule has 454 valence electrons. The molecule has 0 unspecified atom stereocenters. The largest absolute Gasteiger partial charge is 0.453 e. The third kappa shape index (κ3) is 19.9. The van der Waals surface area contributed by atoms with E-state index in [9.17, 15) is 59.4 Å². The lowest BCUT2D eigenvalue weighted by molar-refractivity contribution is -0.220. The summed E-state index contributed by atoms with van der Waals surface area (Å²) in [5.74, 6) is -6.84. The highest BCUT2D eigenvalue weighted by atomic mass is 19.4. The number of alkyl halides is 5. The van der Waals surface area contributed by atoms with Gasteiger partial charge in [0.25, 0.3) is 5.92 Å². The fourth-order valence-corrected chi connectivity index (χ4v) is 7.73. The maximum Gasteiger partial charge on any atom is 0.407 e. The van der Waals surface area contributed by atoms with Gasteiger partial charge in [-0.25, -0.2) is 36.5 Å². The molecule has 7 N–H and O–H groups in total. The molecule has 6 rings (SSSR count). The summed E-state index contributed by atoms with van der Waals surface area (Å²) in [5.41, 5.74) is 5.29. The van der Waals surface area contributed by atoms with Gasteiger partial charge in [0, 0.05) is 66.0 Å². The van der Waals surface area contributed by atoms with Crippen LogP contribution in [0.1, 0.15) is 81.5 Å². The molecule has 3 atom stereocenters. The molecule has 2 aromatic carbocycles. The molecule has 0 spiro atoms. The van der Waals surface area contributed by atoms with Crippen LogP contribution in [0.25, 0.3) is 22.9 Å². The minimum Gasteiger partial charge on any atom is -0.453 e. The van der Waals surface area contributed by atoms with Crippen LogP contribution in [0, 0.1) is 35.2 Å². The van der Waals surface area contributed by atoms with Crippen molar-refractivity contribution in [1.82, 2.24) is 36.1 Å². The SMILES string of the molecule is C.C.CC(=Cc1ccc(C)cc1)c1ccc(N2CCN(C3COC3)CC2)nc1.COC(=O)N[C@H](C(=O)NC[C@@H](O)CNCc1c(F)cc(-c2ccc(F)cn2)cc1F)C(C)(C)C(F)(F)F.COC(=O)N[C@H](C(N)=O)C(C)(C)C(C)(F)F.[HH].[HH]. The number of methoxy groups -OCH3 is 2. The Balaban J connectivity index is 0.00000128. The van der Waals surface area contributed by atoms with Gasteiger partial charge in [0.15, 0.2) is 0 Å². The average Bonchev–Trinajstić information content (AvgIpc) is 3.43. The molecule has 2 saturated heterocycles. The van der Waals surface area contributed by atoms with E-state index >= 15 is 0 Å². The smallest absolute Gasteiger partial charge is 0.407 e. The van der Waals surface area contributed by atoms with Crippen LogP contribution in [0.5, 0.6) is 0 Å². The fourth-order valence-electron chi connectivity index (χ4n) is 7.73. The molecule has 2 fully saturated rings. The number of nitrogens with two attached hydrogens (primary N) is 1. The Morgan fingerprint density at radius 3 is 1.83 bits per heavy atom. The number of hydrogen-bond donors (Lipinski definition) is 6. The first kappa shape index (κ1) is 70.1. The van der Waals surface area contributed by atoms with E-state index in [2.05, 4.69) is 91.2 Å². The Kier molecular flexibility index (Phi) is 26.6. The third-order valence-corrected chi connectivity index (χ3v) is 13.5. The Hall–Kier alpha value is -6.96. The van der Waals surface area contributed by atoms with E-state index in [4.69, 9.17) is 15.5 Å². The van der Waals surface area contributed by atoms with Crippen LogP contribution >= 0.6 is 0 Å². The zero-order valence-electron chi connectivity index (χ0n) is 45.4. The lowest BCUT2D eigenvalue weighted by atomic mass is 9.78. The van der Waals surface area contributed by atoms with Gasteiger partial charge in [-0.15, -0.1) is 0 Å². The first-order valence-corrected chi connectivity index (χ1v) is 24.9. The molecule has 0 bridgehead atoms. The normalized spacial score (nSPS) is 15.2. The fraction of sp³-hybridized carbons (Fsp3) is 0.500. The van der Waals surface area contributed by atoms with E-state index in [1.165, 1.54) is 28.3 Å². The Labute approximate surface area is 471 Å². The lowest BCUT2D eigenvalue weighted by Gasteiger charge is -2.42. The number of aryl methyl sites for hydroxylation is 1. The van der Waals surface area contributed by atoms with Crippen molar-refractivity contribution in [2.45, 2.75) is 106 Å². The number of pyridine rings is 2. The summed E-state index contributed by atoms with van der Waals surface area (Å²) >= 11 is 0. The summed E-state index contributed by atoms with van der Waals surface area (Å²) in [6.07, 6.45) is -3.35. The Morgan fingerprint density at radius 2 is 1.37 bits per heavy atom. The molecule has 4 amide bonds. The number of benzene rings is 2. The zero-order valence-corrected chi connectivity index (χ0v) is 45.4. The lowest BCUT2D eigenvalue weighted by Crippen LogP contribution is -2.60. The number of nitrogens with one attached hydrogen (secondary N) is 4. The monoisotopic (exact) mass is 1160 g/mol. The molecule has 2 aliphatic rings. The van der Waals surface area contributed by atoms with E-state index in [0.29, 0.717) is 26.8 Å². The molecule has 0 aliphatic carbocycles. The van der Waals surface area contributed by atoms with Gasteiger partial charge in [-0.3, -0.25) is 19.5 Å². The van der Waals surface area contributed by atoms with Gasteiger partial charge >= 0.3 is 18.4 Å². The van der Waals surface area contributed by atoms with E-state index in [-0.39, 0.29) is 47.6 Å². The van der Waals surface area contributed by atoms with Crippen LogP contribution in [-0.2, 0) is 30.3 Å². The van der Waals surface area contributed by atoms with Crippen molar-refractivity contribution in [3.8, 4) is 11.3 Å². The molecule has 2 aromatic heterocycles. The van der Waals surface area contributed by atoms with Gasteiger partial charge in [-0.05, 0) is 87.7 Å². The first-order valence-electron chi connectivity index (χ1n) is 24.9. The topological polar surface area (TPSA) is 223 Å². The number of primary amides is 1. The number of hydrogen-bond acceptors (Lipinski definition) is 13. The van der Waals surface area contributed by atoms with Crippen molar-refractivity contribution in [2.75, 3.05) is 71.6 Å². The van der Waals surface area contributed by atoms with Crippen LogP contribution in [0.3, 0.4) is 0 Å². The van der Waals surface area contributed by atoms with Crippen LogP contribution in [0.4, 0.5) is 50.5 Å². The Morgan fingerprint density at radius 1 is 0.802 bits per heavy atom. The molecular formula is C56H81F8N9O8. The van der Waals surface area contributed by atoms with Gasteiger partial charge in [0.2, 0.25) is 11.8 Å². The van der Waals surface area contributed by atoms with Gasteiger partial charge in [-0.1, -0.05) is 64.6 Å². The highest BCUT2D eigenvalue weighted by Crippen LogP contribution is 2.41. The van der Waals surface area contributed by atoms with Gasteiger partial charge < -0.3 is 51.2 Å². The van der Waals surface area contributed by atoms with Crippen molar-refractivity contribution in [2.24, 2.45) is 16.6 Å². The number of allylic oxidation sites excluding steroid dienone is 1. The molecule has 4 aromatic rings. The number of amides is 4. The number of aliphatic hydroxyl groups is 1. The second-order valence-corrected chi connectivity index (χ2v) is 20.0. The van der Waals surface area contributed by atoms with E-state index < -0.39 is 89.1 Å². The van der Waals surface area contributed by atoms with Crippen LogP contribution in [0.15, 0.2) is 73.1 Å². The Bertz CT molecular complexity index is 2670. The number of rotatable bonds is 18. The third-order valence-electron chi connectivity index (χ3n) is 13.5. The second-order valence-electron chi connectivity index (χ2n) is 20.0. The second kappa shape index (κ2) is 30.7. The highest BCUT2D eigenvalue weighted by Gasteiger charge is 2.56. The molecule has 0 radical (unpaired) electrons. The minimum absolute atomic E-state index is 0. The maximum atomic E-state index is 14.4. The number of alkyl carbamates (subject to hydrolysis) is 2. The molecule has 4 heterocycles. The van der Waals surface area contributed by atoms with Crippen molar-refractivity contribution < 1.29 is 76.5 Å². The number of halogens is 8. The number of piperazine rings is 1. The highest BCUT2D eigenvalue weighted by molar-refractivity contribution is 5.87. The number of nitrogens with zero attached hydrogens (tertiary/aromatic N) is 4. The molecular weight excluding hydrogens is 1080 g/mol. The minimum atomic E-state index is -4.87. The van der Waals surface area contributed by atoms with E-state index in [0.717, 1.165) is 97.7 Å². The van der Waals surface area contributed by atoms with Crippen LogP contribution in [0.2, 0.25) is 0 Å². The van der Waals surface area contributed by atoms with Gasteiger partial charge in [0.1, 0.15) is 35.4 Å². The molecule has 0 saturated carbocycles. The first-order chi connectivity index (χ1) is 36.9. The van der Waals surface area contributed by atoms with E-state index in [1.54, 1.807) is 0 Å². The number of carbonyl (C=O) groups is 4. The summed E-state index contributed by atoms with van der Waals surface area (Å²) in [6.45, 7) is 13.5. The molecule has 17 nitrogen and oxygen atoms in total. The summed E-state index contributed by atoms with van der Waals surface area (Å²) in [6, 6.07) is 14.4. The number of anilines is 1. The van der Waals surface area contributed by atoms with Crippen molar-refractivity contribution in [3.63, 3.8) is 0 Å². The van der Waals surface area contributed by atoms with Crippen molar-refractivity contribution >= 4 is 41.5 Å². The molecule has 81 heavy (non-hydrogen) atoms. The molecule has 25 heteroatoms. The maximum absolute atomic E-state index is 14.4. The summed E-state index contributed by atoms with van der Waals surface area (Å²) in [4.78, 5) is 59.3. The van der Waals surface area contributed by atoms with Crippen molar-refractivity contribution in [3.05, 3.63) is 113 Å². The van der Waals surface area contributed by atoms with Gasteiger partial charge in [0.05, 0.1) is 62.3 Å². The number of ether oxygens (including phenoxy) is 3.